The largest absolute Gasteiger partial charge is 0.573 e. The van der Waals surface area contributed by atoms with E-state index in [4.69, 9.17) is 0 Å². The molecular weight excluding hydrogens is 273 g/mol. The highest BCUT2D eigenvalue weighted by atomic mass is 19.4. The van der Waals surface area contributed by atoms with E-state index in [1.807, 2.05) is 0 Å². The van der Waals surface area contributed by atoms with Gasteiger partial charge in [0.15, 0.2) is 5.75 Å². The van der Waals surface area contributed by atoms with Gasteiger partial charge in [0.2, 0.25) is 5.91 Å². The highest BCUT2D eigenvalue weighted by molar-refractivity contribution is 5.81. The van der Waals surface area contributed by atoms with E-state index in [0.29, 0.717) is 13.1 Å². The number of carbonyl (C=O) groups is 1. The molecule has 1 N–H and O–H groups in total. The molecule has 1 aliphatic heterocycles. The van der Waals surface area contributed by atoms with Crippen LogP contribution in [0.2, 0.25) is 0 Å². The Kier molecular flexibility index (Phi) is 4.36. The number of amides is 1. The Morgan fingerprint density at radius 3 is 2.55 bits per heavy atom. The fourth-order valence-electron chi connectivity index (χ4n) is 2.08. The molecule has 0 unspecified atom stereocenters. The number of anilines is 1. The van der Waals surface area contributed by atoms with E-state index in [2.05, 4.69) is 10.1 Å². The van der Waals surface area contributed by atoms with Crippen LogP contribution >= 0.6 is 0 Å². The van der Waals surface area contributed by atoms with E-state index in [-0.39, 0.29) is 23.9 Å². The van der Waals surface area contributed by atoms with Crippen LogP contribution in [0.15, 0.2) is 24.3 Å². The molecule has 1 heterocycles. The molecule has 0 bridgehead atoms. The fraction of sp³-hybridized carbons (Fsp3) is 0.462. The number of nitrogens with one attached hydrogen (secondary N) is 1. The SMILES string of the molecule is O=C(CNc1ccccc1OC(F)(F)F)N1CCCC1. The molecular formula is C13H15F3N2O2. The minimum absolute atomic E-state index is 0.0434. The Labute approximate surface area is 114 Å². The first-order valence-electron chi connectivity index (χ1n) is 6.32. The highest BCUT2D eigenvalue weighted by Crippen LogP contribution is 2.29. The Hall–Kier alpha value is -1.92. The van der Waals surface area contributed by atoms with E-state index in [0.717, 1.165) is 12.8 Å². The van der Waals surface area contributed by atoms with Gasteiger partial charge in [0.05, 0.1) is 12.2 Å². The first-order valence-corrected chi connectivity index (χ1v) is 6.32. The van der Waals surface area contributed by atoms with Gasteiger partial charge in [-0.3, -0.25) is 4.79 Å². The number of alkyl halides is 3. The third kappa shape index (κ3) is 4.04. The number of carbonyl (C=O) groups excluding carboxylic acids is 1. The lowest BCUT2D eigenvalue weighted by Crippen LogP contribution is -2.33. The average molecular weight is 288 g/mol. The van der Waals surface area contributed by atoms with E-state index in [9.17, 15) is 18.0 Å². The number of para-hydroxylation sites is 2. The number of benzene rings is 1. The van der Waals surface area contributed by atoms with Crippen LogP contribution in [0.4, 0.5) is 18.9 Å². The van der Waals surface area contributed by atoms with Crippen LogP contribution < -0.4 is 10.1 Å². The Bertz CT molecular complexity index is 471. The van der Waals surface area contributed by atoms with Crippen LogP contribution in [-0.2, 0) is 4.79 Å². The van der Waals surface area contributed by atoms with Crippen molar-refractivity contribution in [3.05, 3.63) is 24.3 Å². The molecule has 20 heavy (non-hydrogen) atoms. The van der Waals surface area contributed by atoms with Gasteiger partial charge >= 0.3 is 6.36 Å². The molecule has 1 amide bonds. The zero-order valence-corrected chi connectivity index (χ0v) is 10.7. The van der Waals surface area contributed by atoms with Gasteiger partial charge in [-0.15, -0.1) is 13.2 Å². The molecule has 1 saturated heterocycles. The van der Waals surface area contributed by atoms with E-state index < -0.39 is 6.36 Å². The summed E-state index contributed by atoms with van der Waals surface area (Å²) in [6, 6.07) is 5.66. The van der Waals surface area contributed by atoms with Gasteiger partial charge in [0, 0.05) is 13.1 Å². The molecule has 0 saturated carbocycles. The predicted molar refractivity (Wildman–Crippen MR) is 67.4 cm³/mol. The number of hydrogen-bond donors (Lipinski definition) is 1. The van der Waals surface area contributed by atoms with Crippen molar-refractivity contribution in [3.63, 3.8) is 0 Å². The molecule has 0 aromatic heterocycles. The lowest BCUT2D eigenvalue weighted by molar-refractivity contribution is -0.274. The summed E-state index contributed by atoms with van der Waals surface area (Å²) in [6.07, 6.45) is -2.81. The third-order valence-corrected chi connectivity index (χ3v) is 3.00. The molecule has 1 aromatic carbocycles. The van der Waals surface area contributed by atoms with Crippen molar-refractivity contribution < 1.29 is 22.7 Å². The Balaban J connectivity index is 1.96. The smallest absolute Gasteiger partial charge is 0.404 e. The summed E-state index contributed by atoms with van der Waals surface area (Å²) in [4.78, 5) is 13.5. The minimum Gasteiger partial charge on any atom is -0.404 e. The molecule has 2 rings (SSSR count). The molecule has 1 aliphatic rings. The van der Waals surface area contributed by atoms with Crippen molar-refractivity contribution in [2.75, 3.05) is 25.0 Å². The Morgan fingerprint density at radius 2 is 1.90 bits per heavy atom. The van der Waals surface area contributed by atoms with E-state index in [1.54, 1.807) is 11.0 Å². The first-order chi connectivity index (χ1) is 9.46. The summed E-state index contributed by atoms with van der Waals surface area (Å²) in [5.41, 5.74) is 0.150. The lowest BCUT2D eigenvalue weighted by Gasteiger charge is -2.17. The molecule has 0 radical (unpaired) electrons. The monoisotopic (exact) mass is 288 g/mol. The van der Waals surface area contributed by atoms with Crippen LogP contribution in [0.25, 0.3) is 0 Å². The maximum Gasteiger partial charge on any atom is 0.573 e. The summed E-state index contributed by atoms with van der Waals surface area (Å²) in [6.45, 7) is 1.38. The average Bonchev–Trinajstić information content (AvgIpc) is 2.89. The maximum atomic E-state index is 12.2. The van der Waals surface area contributed by atoms with Crippen molar-refractivity contribution >= 4 is 11.6 Å². The third-order valence-electron chi connectivity index (χ3n) is 3.00. The summed E-state index contributed by atoms with van der Waals surface area (Å²) in [5, 5.41) is 2.70. The van der Waals surface area contributed by atoms with Crippen LogP contribution in [0, 0.1) is 0 Å². The number of rotatable bonds is 4. The van der Waals surface area contributed by atoms with Crippen molar-refractivity contribution in [2.24, 2.45) is 0 Å². The number of likely N-dealkylation sites (tertiary alicyclic amines) is 1. The van der Waals surface area contributed by atoms with E-state index in [1.165, 1.54) is 18.2 Å². The molecule has 1 fully saturated rings. The lowest BCUT2D eigenvalue weighted by atomic mass is 10.3. The Morgan fingerprint density at radius 1 is 1.25 bits per heavy atom. The second-order valence-electron chi connectivity index (χ2n) is 4.49. The number of halogens is 3. The molecule has 7 heteroatoms. The van der Waals surface area contributed by atoms with Crippen molar-refractivity contribution in [3.8, 4) is 5.75 Å². The summed E-state index contributed by atoms with van der Waals surface area (Å²) < 4.78 is 40.6. The van der Waals surface area contributed by atoms with Gasteiger partial charge < -0.3 is 15.0 Å². The van der Waals surface area contributed by atoms with E-state index >= 15 is 0 Å². The van der Waals surface area contributed by atoms with Gasteiger partial charge in [0.25, 0.3) is 0 Å². The number of hydrogen-bond acceptors (Lipinski definition) is 3. The van der Waals surface area contributed by atoms with Crippen LogP contribution in [0.3, 0.4) is 0 Å². The second-order valence-corrected chi connectivity index (χ2v) is 4.49. The topological polar surface area (TPSA) is 41.6 Å². The van der Waals surface area contributed by atoms with Crippen molar-refractivity contribution in [1.29, 1.82) is 0 Å². The molecule has 0 aliphatic carbocycles. The normalized spacial score (nSPS) is 15.2. The van der Waals surface area contributed by atoms with Crippen LogP contribution in [0.1, 0.15) is 12.8 Å². The van der Waals surface area contributed by atoms with Gasteiger partial charge in [-0.05, 0) is 25.0 Å². The molecule has 110 valence electrons. The molecule has 4 nitrogen and oxygen atoms in total. The number of nitrogens with zero attached hydrogens (tertiary/aromatic N) is 1. The number of ether oxygens (including phenoxy) is 1. The van der Waals surface area contributed by atoms with Crippen molar-refractivity contribution in [1.82, 2.24) is 4.90 Å². The van der Waals surface area contributed by atoms with Crippen LogP contribution in [0.5, 0.6) is 5.75 Å². The zero-order chi connectivity index (χ0) is 14.6. The fourth-order valence-corrected chi connectivity index (χ4v) is 2.08. The van der Waals surface area contributed by atoms with Crippen LogP contribution in [-0.4, -0.2) is 36.8 Å². The first kappa shape index (κ1) is 14.5. The van der Waals surface area contributed by atoms with Gasteiger partial charge in [0.1, 0.15) is 0 Å². The van der Waals surface area contributed by atoms with Gasteiger partial charge in [-0.25, -0.2) is 0 Å². The molecule has 1 aromatic rings. The van der Waals surface area contributed by atoms with Gasteiger partial charge in [-0.1, -0.05) is 12.1 Å². The summed E-state index contributed by atoms with van der Waals surface area (Å²) >= 11 is 0. The van der Waals surface area contributed by atoms with Gasteiger partial charge in [-0.2, -0.15) is 0 Å². The maximum absolute atomic E-state index is 12.2. The predicted octanol–water partition coefficient (Wildman–Crippen LogP) is 2.62. The molecule has 0 atom stereocenters. The standard InChI is InChI=1S/C13H15F3N2O2/c14-13(15,16)20-11-6-2-1-5-10(11)17-9-12(19)18-7-3-4-8-18/h1-2,5-6,17H,3-4,7-9H2. The minimum atomic E-state index is -4.75. The zero-order valence-electron chi connectivity index (χ0n) is 10.7. The van der Waals surface area contributed by atoms with Crippen molar-refractivity contribution in [2.45, 2.75) is 19.2 Å². The summed E-state index contributed by atoms with van der Waals surface area (Å²) in [7, 11) is 0. The highest BCUT2D eigenvalue weighted by Gasteiger charge is 2.32. The summed E-state index contributed by atoms with van der Waals surface area (Å²) in [5.74, 6) is -0.460. The molecule has 0 spiro atoms. The quantitative estimate of drug-likeness (QED) is 0.926. The second kappa shape index (κ2) is 6.02.